The molecule has 0 aromatic heterocycles. The van der Waals surface area contributed by atoms with Crippen molar-refractivity contribution in [2.75, 3.05) is 7.11 Å². The molecule has 2 rings (SSSR count). The van der Waals surface area contributed by atoms with E-state index in [0.717, 1.165) is 18.4 Å². The van der Waals surface area contributed by atoms with Crippen molar-refractivity contribution in [3.63, 3.8) is 0 Å². The van der Waals surface area contributed by atoms with Gasteiger partial charge in [0.05, 0.1) is 13.5 Å². The smallest absolute Gasteiger partial charge is 0.160 e. The number of Topliss-reactive ketones (excluding diaryl/α,β-unsaturated/α-hetero) is 2. The third-order valence-corrected chi connectivity index (χ3v) is 3.97. The Morgan fingerprint density at radius 2 is 2.05 bits per heavy atom. The summed E-state index contributed by atoms with van der Waals surface area (Å²) >= 11 is 0. The third-order valence-electron chi connectivity index (χ3n) is 3.97. The van der Waals surface area contributed by atoms with Crippen molar-refractivity contribution < 1.29 is 19.4 Å². The largest absolute Gasteiger partial charge is 0.504 e. The minimum atomic E-state index is -0.225. The van der Waals surface area contributed by atoms with Crippen molar-refractivity contribution in [2.24, 2.45) is 5.41 Å². The highest BCUT2D eigenvalue weighted by molar-refractivity contribution is 6.02. The molecule has 0 heterocycles. The Bertz CT molecular complexity index is 529. The van der Waals surface area contributed by atoms with Gasteiger partial charge in [0, 0.05) is 11.8 Å². The summed E-state index contributed by atoms with van der Waals surface area (Å²) in [5.74, 6) is 0.539. The summed E-state index contributed by atoms with van der Waals surface area (Å²) in [6, 6.07) is 5.02. The molecule has 1 aliphatic rings. The summed E-state index contributed by atoms with van der Waals surface area (Å²) in [5, 5.41) is 9.49. The Kier molecular flexibility index (Phi) is 4.12. The van der Waals surface area contributed by atoms with Gasteiger partial charge in [-0.05, 0) is 37.0 Å². The Morgan fingerprint density at radius 3 is 2.65 bits per heavy atom. The average Bonchev–Trinajstić information content (AvgIpc) is 3.17. The van der Waals surface area contributed by atoms with Crippen molar-refractivity contribution in [2.45, 2.75) is 39.0 Å². The molecule has 20 heavy (non-hydrogen) atoms. The van der Waals surface area contributed by atoms with Crippen LogP contribution in [0.25, 0.3) is 0 Å². The number of carbonyl (C=O) groups excluding carboxylic acids is 2. The SMILES string of the molecule is COc1cc(CCC(=O)CC(=O)C2(C)CC2)ccc1O. The van der Waals surface area contributed by atoms with Crippen LogP contribution in [-0.2, 0) is 16.0 Å². The van der Waals surface area contributed by atoms with Gasteiger partial charge in [0.2, 0.25) is 0 Å². The van der Waals surface area contributed by atoms with E-state index in [1.54, 1.807) is 18.2 Å². The highest BCUT2D eigenvalue weighted by Gasteiger charge is 2.44. The van der Waals surface area contributed by atoms with E-state index in [2.05, 4.69) is 0 Å². The molecule has 1 fully saturated rings. The number of rotatable bonds is 7. The normalized spacial score (nSPS) is 15.7. The Hall–Kier alpha value is -1.84. The molecule has 0 spiro atoms. The van der Waals surface area contributed by atoms with E-state index in [1.165, 1.54) is 7.11 Å². The number of carbonyl (C=O) groups is 2. The maximum absolute atomic E-state index is 11.8. The van der Waals surface area contributed by atoms with E-state index in [1.807, 2.05) is 6.92 Å². The lowest BCUT2D eigenvalue weighted by Crippen LogP contribution is -2.16. The molecular weight excluding hydrogens is 256 g/mol. The highest BCUT2D eigenvalue weighted by Crippen LogP contribution is 2.46. The molecule has 1 saturated carbocycles. The second-order valence-electron chi connectivity index (χ2n) is 5.71. The molecule has 108 valence electrons. The summed E-state index contributed by atoms with van der Waals surface area (Å²) in [7, 11) is 1.49. The quantitative estimate of drug-likeness (QED) is 0.778. The number of benzene rings is 1. The predicted octanol–water partition coefficient (Wildman–Crippen LogP) is 2.66. The van der Waals surface area contributed by atoms with Crippen molar-refractivity contribution in [3.8, 4) is 11.5 Å². The van der Waals surface area contributed by atoms with Crippen LogP contribution in [0.4, 0.5) is 0 Å². The molecule has 0 atom stereocenters. The number of hydrogen-bond acceptors (Lipinski definition) is 4. The molecule has 0 bridgehead atoms. The minimum absolute atomic E-state index is 0.0184. The molecule has 0 amide bonds. The van der Waals surface area contributed by atoms with Crippen LogP contribution in [-0.4, -0.2) is 23.8 Å². The van der Waals surface area contributed by atoms with Gasteiger partial charge in [-0.3, -0.25) is 9.59 Å². The van der Waals surface area contributed by atoms with E-state index in [4.69, 9.17) is 4.74 Å². The van der Waals surface area contributed by atoms with Crippen LogP contribution in [0.1, 0.15) is 38.2 Å². The first-order valence-electron chi connectivity index (χ1n) is 6.85. The lowest BCUT2D eigenvalue weighted by atomic mass is 9.96. The fourth-order valence-electron chi connectivity index (χ4n) is 2.11. The lowest BCUT2D eigenvalue weighted by Gasteiger charge is -2.08. The van der Waals surface area contributed by atoms with Gasteiger partial charge < -0.3 is 9.84 Å². The molecule has 0 saturated heterocycles. The molecular formula is C16H20O4. The molecule has 0 aliphatic heterocycles. The fourth-order valence-corrected chi connectivity index (χ4v) is 2.11. The van der Waals surface area contributed by atoms with Gasteiger partial charge in [0.1, 0.15) is 11.6 Å². The number of ketones is 2. The average molecular weight is 276 g/mol. The van der Waals surface area contributed by atoms with Crippen LogP contribution < -0.4 is 4.74 Å². The molecule has 1 aromatic carbocycles. The Balaban J connectivity index is 1.85. The van der Waals surface area contributed by atoms with E-state index >= 15 is 0 Å². The summed E-state index contributed by atoms with van der Waals surface area (Å²) in [4.78, 5) is 23.6. The number of phenols is 1. The van der Waals surface area contributed by atoms with E-state index in [0.29, 0.717) is 18.6 Å². The minimum Gasteiger partial charge on any atom is -0.504 e. The number of ether oxygens (including phenoxy) is 1. The second kappa shape index (κ2) is 5.65. The predicted molar refractivity (Wildman–Crippen MR) is 75.0 cm³/mol. The van der Waals surface area contributed by atoms with Gasteiger partial charge in [0.25, 0.3) is 0 Å². The molecule has 1 aliphatic carbocycles. The summed E-state index contributed by atoms with van der Waals surface area (Å²) in [6.07, 6.45) is 2.77. The third kappa shape index (κ3) is 3.38. The van der Waals surface area contributed by atoms with Gasteiger partial charge in [-0.2, -0.15) is 0 Å². The van der Waals surface area contributed by atoms with Crippen molar-refractivity contribution >= 4 is 11.6 Å². The first kappa shape index (κ1) is 14.6. The number of aryl methyl sites for hydroxylation is 1. The fraction of sp³-hybridized carbons (Fsp3) is 0.500. The van der Waals surface area contributed by atoms with Gasteiger partial charge >= 0.3 is 0 Å². The van der Waals surface area contributed by atoms with Crippen molar-refractivity contribution in [3.05, 3.63) is 23.8 Å². The van der Waals surface area contributed by atoms with E-state index in [9.17, 15) is 14.7 Å². The molecule has 4 nitrogen and oxygen atoms in total. The number of hydrogen-bond donors (Lipinski definition) is 1. The van der Waals surface area contributed by atoms with Gasteiger partial charge in [-0.1, -0.05) is 13.0 Å². The van der Waals surface area contributed by atoms with Gasteiger partial charge in [-0.15, -0.1) is 0 Å². The first-order chi connectivity index (χ1) is 9.44. The van der Waals surface area contributed by atoms with Crippen molar-refractivity contribution in [1.29, 1.82) is 0 Å². The standard InChI is InChI=1S/C16H20O4/c1-16(7-8-16)15(19)10-12(17)5-3-11-4-6-13(18)14(9-11)20-2/h4,6,9,18H,3,5,7-8,10H2,1-2H3. The van der Waals surface area contributed by atoms with Crippen LogP contribution in [0.5, 0.6) is 11.5 Å². The highest BCUT2D eigenvalue weighted by atomic mass is 16.5. The zero-order chi connectivity index (χ0) is 14.8. The molecule has 0 unspecified atom stereocenters. The van der Waals surface area contributed by atoms with Gasteiger partial charge in [0.15, 0.2) is 11.5 Å². The Labute approximate surface area is 118 Å². The summed E-state index contributed by atoms with van der Waals surface area (Å²) < 4.78 is 5.02. The van der Waals surface area contributed by atoms with Crippen LogP contribution in [0.2, 0.25) is 0 Å². The van der Waals surface area contributed by atoms with Gasteiger partial charge in [-0.25, -0.2) is 0 Å². The monoisotopic (exact) mass is 276 g/mol. The zero-order valence-corrected chi connectivity index (χ0v) is 11.9. The lowest BCUT2D eigenvalue weighted by molar-refractivity contribution is -0.129. The first-order valence-corrected chi connectivity index (χ1v) is 6.85. The molecule has 4 heteroatoms. The van der Waals surface area contributed by atoms with E-state index in [-0.39, 0.29) is 29.2 Å². The summed E-state index contributed by atoms with van der Waals surface area (Å²) in [5.41, 5.74) is 0.690. The van der Waals surface area contributed by atoms with Crippen LogP contribution in [0.3, 0.4) is 0 Å². The molecule has 0 radical (unpaired) electrons. The maximum Gasteiger partial charge on any atom is 0.160 e. The van der Waals surface area contributed by atoms with E-state index < -0.39 is 0 Å². The van der Waals surface area contributed by atoms with Crippen LogP contribution in [0.15, 0.2) is 18.2 Å². The number of phenolic OH excluding ortho intramolecular Hbond substituents is 1. The van der Waals surface area contributed by atoms with Crippen LogP contribution in [0, 0.1) is 5.41 Å². The second-order valence-corrected chi connectivity index (χ2v) is 5.71. The molecule has 1 aromatic rings. The number of aromatic hydroxyl groups is 1. The zero-order valence-electron chi connectivity index (χ0n) is 11.9. The van der Waals surface area contributed by atoms with Crippen molar-refractivity contribution in [1.82, 2.24) is 0 Å². The molecule has 1 N–H and O–H groups in total. The summed E-state index contributed by atoms with van der Waals surface area (Å²) in [6.45, 7) is 1.92. The van der Waals surface area contributed by atoms with Crippen LogP contribution >= 0.6 is 0 Å². The topological polar surface area (TPSA) is 63.6 Å². The number of methoxy groups -OCH3 is 1. The maximum atomic E-state index is 11.8. The Morgan fingerprint density at radius 1 is 1.35 bits per heavy atom.